The molecule has 3 rings (SSSR count). The lowest BCUT2D eigenvalue weighted by Crippen LogP contribution is -2.50. The van der Waals surface area contributed by atoms with Crippen molar-refractivity contribution in [2.45, 2.75) is 33.0 Å². The Balaban J connectivity index is 1.86. The van der Waals surface area contributed by atoms with E-state index in [-0.39, 0.29) is 17.7 Å². The van der Waals surface area contributed by atoms with Crippen LogP contribution in [-0.2, 0) is 17.9 Å². The van der Waals surface area contributed by atoms with E-state index in [0.717, 1.165) is 16.2 Å². The third-order valence-corrected chi connectivity index (χ3v) is 5.91. The molecule has 0 saturated carbocycles. The van der Waals surface area contributed by atoms with Gasteiger partial charge >= 0.3 is 0 Å². The zero-order valence-corrected chi connectivity index (χ0v) is 18.9. The Kier molecular flexibility index (Phi) is 7.84. The molecular formula is C25H28N2O3S. The minimum absolute atomic E-state index is 0.0660. The van der Waals surface area contributed by atoms with Crippen molar-refractivity contribution in [3.05, 3.63) is 88.1 Å². The summed E-state index contributed by atoms with van der Waals surface area (Å²) in [6.07, 6.45) is 0. The maximum atomic E-state index is 13.7. The Hall–Kier alpha value is -3.12. The number of nitrogens with zero attached hydrogens (tertiary/aromatic N) is 1. The van der Waals surface area contributed by atoms with Gasteiger partial charge in [0.2, 0.25) is 5.91 Å². The Morgan fingerprint density at radius 3 is 2.32 bits per heavy atom. The smallest absolute Gasteiger partial charge is 0.251 e. The van der Waals surface area contributed by atoms with Crippen molar-refractivity contribution in [1.29, 1.82) is 0 Å². The standard InChI is InChI=1S/C25H28N2O3S/c1-18(2)23(26-24(28)19-10-5-4-6-11-19)25(29)27(17-21-13-9-15-31-21)16-20-12-7-8-14-22(20)30-3/h4-15,18,23H,16-17H2,1-3H3,(H,26,28)/t23-/m1/s1. The lowest BCUT2D eigenvalue weighted by atomic mass is 10.0. The number of carbonyl (C=O) groups is 2. The molecule has 0 fully saturated rings. The average Bonchev–Trinajstić information content (AvgIpc) is 3.30. The van der Waals surface area contributed by atoms with Crippen LogP contribution in [0.2, 0.25) is 0 Å². The highest BCUT2D eigenvalue weighted by atomic mass is 32.1. The van der Waals surface area contributed by atoms with E-state index in [4.69, 9.17) is 4.74 Å². The summed E-state index contributed by atoms with van der Waals surface area (Å²) in [5.41, 5.74) is 1.46. The van der Waals surface area contributed by atoms with Crippen molar-refractivity contribution < 1.29 is 14.3 Å². The largest absolute Gasteiger partial charge is 0.496 e. The number of amides is 2. The molecule has 2 aromatic carbocycles. The molecule has 0 aliphatic rings. The van der Waals surface area contributed by atoms with Gasteiger partial charge in [0.05, 0.1) is 13.7 Å². The molecule has 0 unspecified atom stereocenters. The molecule has 1 aromatic heterocycles. The van der Waals surface area contributed by atoms with Gasteiger partial charge in [-0.2, -0.15) is 0 Å². The van der Waals surface area contributed by atoms with Crippen LogP contribution >= 0.6 is 11.3 Å². The highest BCUT2D eigenvalue weighted by Crippen LogP contribution is 2.23. The second-order valence-corrected chi connectivity index (χ2v) is 8.68. The van der Waals surface area contributed by atoms with Gasteiger partial charge < -0.3 is 15.0 Å². The monoisotopic (exact) mass is 436 g/mol. The number of ether oxygens (including phenoxy) is 1. The first-order valence-corrected chi connectivity index (χ1v) is 11.2. The van der Waals surface area contributed by atoms with Crippen LogP contribution < -0.4 is 10.1 Å². The molecule has 0 radical (unpaired) electrons. The first-order valence-electron chi connectivity index (χ1n) is 10.3. The van der Waals surface area contributed by atoms with Crippen molar-refractivity contribution in [2.24, 2.45) is 5.92 Å². The van der Waals surface area contributed by atoms with Gasteiger partial charge in [-0.25, -0.2) is 0 Å². The van der Waals surface area contributed by atoms with Crippen LogP contribution in [0.25, 0.3) is 0 Å². The van der Waals surface area contributed by atoms with Gasteiger partial charge in [0.15, 0.2) is 0 Å². The SMILES string of the molecule is COc1ccccc1CN(Cc1cccs1)C(=O)[C@H](NC(=O)c1ccccc1)C(C)C. The number of rotatable bonds is 9. The van der Waals surface area contributed by atoms with Crippen LogP contribution in [0.4, 0.5) is 0 Å². The fourth-order valence-electron chi connectivity index (χ4n) is 3.37. The maximum absolute atomic E-state index is 13.7. The number of hydrogen-bond acceptors (Lipinski definition) is 4. The second kappa shape index (κ2) is 10.8. The van der Waals surface area contributed by atoms with E-state index in [1.165, 1.54) is 0 Å². The quantitative estimate of drug-likeness (QED) is 0.527. The van der Waals surface area contributed by atoms with E-state index < -0.39 is 6.04 Å². The molecule has 0 bridgehead atoms. The molecule has 1 atom stereocenters. The normalized spacial score (nSPS) is 11.7. The van der Waals surface area contributed by atoms with Gasteiger partial charge in [-0.3, -0.25) is 9.59 Å². The van der Waals surface area contributed by atoms with Crippen LogP contribution in [0, 0.1) is 5.92 Å². The Labute approximate surface area is 187 Å². The number of benzene rings is 2. The molecule has 2 amide bonds. The maximum Gasteiger partial charge on any atom is 0.251 e. The minimum atomic E-state index is -0.637. The Morgan fingerprint density at radius 2 is 1.68 bits per heavy atom. The highest BCUT2D eigenvalue weighted by molar-refractivity contribution is 7.09. The van der Waals surface area contributed by atoms with E-state index in [2.05, 4.69) is 5.32 Å². The summed E-state index contributed by atoms with van der Waals surface area (Å²) in [6, 6.07) is 20.0. The minimum Gasteiger partial charge on any atom is -0.496 e. The van der Waals surface area contributed by atoms with Crippen LogP contribution in [0.5, 0.6) is 5.75 Å². The second-order valence-electron chi connectivity index (χ2n) is 7.65. The zero-order valence-electron chi connectivity index (χ0n) is 18.1. The van der Waals surface area contributed by atoms with E-state index >= 15 is 0 Å². The van der Waals surface area contributed by atoms with Gasteiger partial charge in [0.1, 0.15) is 11.8 Å². The van der Waals surface area contributed by atoms with E-state index in [1.807, 2.05) is 73.8 Å². The number of methoxy groups -OCH3 is 1. The molecule has 162 valence electrons. The lowest BCUT2D eigenvalue weighted by molar-refractivity contribution is -0.135. The Bertz CT molecular complexity index is 987. The summed E-state index contributed by atoms with van der Waals surface area (Å²) in [5.74, 6) is 0.309. The highest BCUT2D eigenvalue weighted by Gasteiger charge is 2.29. The number of carbonyl (C=O) groups excluding carboxylic acids is 2. The van der Waals surface area contributed by atoms with Crippen molar-refractivity contribution in [3.8, 4) is 5.75 Å². The summed E-state index contributed by atoms with van der Waals surface area (Å²) in [4.78, 5) is 29.3. The molecule has 0 saturated heterocycles. The predicted molar refractivity (Wildman–Crippen MR) is 124 cm³/mol. The fraction of sp³-hybridized carbons (Fsp3) is 0.280. The number of para-hydroxylation sites is 1. The summed E-state index contributed by atoms with van der Waals surface area (Å²) in [7, 11) is 1.63. The van der Waals surface area contributed by atoms with Gasteiger partial charge in [0.25, 0.3) is 5.91 Å². The molecule has 1 heterocycles. The molecule has 0 spiro atoms. The van der Waals surface area contributed by atoms with Gasteiger partial charge in [-0.05, 0) is 35.6 Å². The predicted octanol–water partition coefficient (Wildman–Crippen LogP) is 4.74. The van der Waals surface area contributed by atoms with Gasteiger partial charge in [-0.1, -0.05) is 56.3 Å². The zero-order chi connectivity index (χ0) is 22.2. The molecule has 0 aliphatic heterocycles. The number of hydrogen-bond donors (Lipinski definition) is 1. The first-order chi connectivity index (χ1) is 15.0. The molecule has 0 aliphatic carbocycles. The molecule has 1 N–H and O–H groups in total. The van der Waals surface area contributed by atoms with Crippen LogP contribution in [0.3, 0.4) is 0 Å². The van der Waals surface area contributed by atoms with E-state index in [0.29, 0.717) is 18.7 Å². The average molecular weight is 437 g/mol. The summed E-state index contributed by atoms with van der Waals surface area (Å²) in [5, 5.41) is 4.95. The van der Waals surface area contributed by atoms with E-state index in [9.17, 15) is 9.59 Å². The van der Waals surface area contributed by atoms with Crippen molar-refractivity contribution in [1.82, 2.24) is 10.2 Å². The molecule has 6 heteroatoms. The first kappa shape index (κ1) is 22.6. The van der Waals surface area contributed by atoms with Crippen LogP contribution in [-0.4, -0.2) is 29.9 Å². The molecule has 31 heavy (non-hydrogen) atoms. The number of nitrogens with one attached hydrogen (secondary N) is 1. The van der Waals surface area contributed by atoms with Gasteiger partial charge in [0, 0.05) is 22.5 Å². The molecule has 3 aromatic rings. The summed E-state index contributed by atoms with van der Waals surface area (Å²) < 4.78 is 5.49. The van der Waals surface area contributed by atoms with E-state index in [1.54, 1.807) is 35.5 Å². The third-order valence-electron chi connectivity index (χ3n) is 5.05. The van der Waals surface area contributed by atoms with Crippen LogP contribution in [0.1, 0.15) is 34.6 Å². The third kappa shape index (κ3) is 5.95. The summed E-state index contributed by atoms with van der Waals surface area (Å²) >= 11 is 1.61. The van der Waals surface area contributed by atoms with Gasteiger partial charge in [-0.15, -0.1) is 11.3 Å². The fourth-order valence-corrected chi connectivity index (χ4v) is 4.09. The van der Waals surface area contributed by atoms with Crippen molar-refractivity contribution in [3.63, 3.8) is 0 Å². The van der Waals surface area contributed by atoms with Crippen molar-refractivity contribution in [2.75, 3.05) is 7.11 Å². The molecular weight excluding hydrogens is 408 g/mol. The molecule has 5 nitrogen and oxygen atoms in total. The summed E-state index contributed by atoms with van der Waals surface area (Å²) in [6.45, 7) is 4.75. The Morgan fingerprint density at radius 1 is 0.968 bits per heavy atom. The number of thiophene rings is 1. The van der Waals surface area contributed by atoms with Crippen molar-refractivity contribution >= 4 is 23.2 Å². The lowest BCUT2D eigenvalue weighted by Gasteiger charge is -2.30. The van der Waals surface area contributed by atoms with Crippen LogP contribution in [0.15, 0.2) is 72.1 Å². The topological polar surface area (TPSA) is 58.6 Å².